The van der Waals surface area contributed by atoms with Crippen molar-refractivity contribution in [3.8, 4) is 5.75 Å². The normalized spacial score (nSPS) is 14.8. The van der Waals surface area contributed by atoms with Gasteiger partial charge in [-0.15, -0.1) is 11.8 Å². The minimum absolute atomic E-state index is 0.0156. The van der Waals surface area contributed by atoms with Gasteiger partial charge in [-0.25, -0.2) is 0 Å². The standard InChI is InChI=1S/C28H30Cl2N2O3S/c29-25-8-4-9-26(30)24(25)20-35-22-10-12-23(13-11-22)36-27(21-6-2-1-3-7-21)28(33)31-14-5-15-32-16-18-34-19-17-32/h1-4,6-13,27H,5,14-20H2,(H,31,33). The second kappa shape index (κ2) is 13.9. The number of hydrogen-bond donors (Lipinski definition) is 1. The molecule has 0 radical (unpaired) electrons. The van der Waals surface area contributed by atoms with Crippen LogP contribution in [0.3, 0.4) is 0 Å². The van der Waals surface area contributed by atoms with Crippen molar-refractivity contribution >= 4 is 40.9 Å². The zero-order chi connectivity index (χ0) is 25.2. The SMILES string of the molecule is O=C(NCCCN1CCOCC1)C(Sc1ccc(OCc2c(Cl)cccc2Cl)cc1)c1ccccc1. The third-order valence-corrected chi connectivity index (χ3v) is 7.89. The summed E-state index contributed by atoms with van der Waals surface area (Å²) in [5.41, 5.74) is 1.73. The van der Waals surface area contributed by atoms with Crippen LogP contribution in [0.1, 0.15) is 22.8 Å². The van der Waals surface area contributed by atoms with E-state index in [0.717, 1.165) is 55.3 Å². The Bertz CT molecular complexity index is 1090. The number of morpholine rings is 1. The minimum atomic E-state index is -0.344. The lowest BCUT2D eigenvalue weighted by atomic mass is 10.1. The van der Waals surface area contributed by atoms with E-state index >= 15 is 0 Å². The van der Waals surface area contributed by atoms with E-state index in [0.29, 0.717) is 22.3 Å². The molecule has 4 rings (SSSR count). The van der Waals surface area contributed by atoms with Gasteiger partial charge in [0.1, 0.15) is 17.6 Å². The average Bonchev–Trinajstić information content (AvgIpc) is 2.91. The molecule has 1 atom stereocenters. The molecule has 0 aromatic heterocycles. The lowest BCUT2D eigenvalue weighted by molar-refractivity contribution is -0.120. The van der Waals surface area contributed by atoms with E-state index in [2.05, 4.69) is 10.2 Å². The number of nitrogens with one attached hydrogen (secondary N) is 1. The van der Waals surface area contributed by atoms with Gasteiger partial charge in [-0.1, -0.05) is 59.6 Å². The van der Waals surface area contributed by atoms with Gasteiger partial charge in [0, 0.05) is 40.1 Å². The quantitative estimate of drug-likeness (QED) is 0.228. The maximum atomic E-state index is 13.2. The largest absolute Gasteiger partial charge is 0.489 e. The van der Waals surface area contributed by atoms with Gasteiger partial charge in [-0.3, -0.25) is 9.69 Å². The summed E-state index contributed by atoms with van der Waals surface area (Å²) in [6.45, 7) is 5.39. The molecule has 3 aromatic carbocycles. The number of rotatable bonds is 11. The minimum Gasteiger partial charge on any atom is -0.489 e. The van der Waals surface area contributed by atoms with Crippen LogP contribution in [0.15, 0.2) is 77.7 Å². The van der Waals surface area contributed by atoms with Crippen LogP contribution in [0, 0.1) is 0 Å². The second-order valence-electron chi connectivity index (χ2n) is 8.47. The Hall–Kier alpha value is -2.22. The second-order valence-corrected chi connectivity index (χ2v) is 10.5. The molecule has 0 saturated carbocycles. The first-order valence-corrected chi connectivity index (χ1v) is 13.7. The highest BCUT2D eigenvalue weighted by atomic mass is 35.5. The fourth-order valence-corrected chi connectivity index (χ4v) is 5.46. The molecule has 1 N–H and O–H groups in total. The van der Waals surface area contributed by atoms with Gasteiger partial charge >= 0.3 is 0 Å². The maximum Gasteiger partial charge on any atom is 0.237 e. The van der Waals surface area contributed by atoms with Crippen LogP contribution in [0.4, 0.5) is 0 Å². The Morgan fingerprint density at radius 3 is 2.36 bits per heavy atom. The van der Waals surface area contributed by atoms with Crippen LogP contribution < -0.4 is 10.1 Å². The van der Waals surface area contributed by atoms with Crippen LogP contribution >= 0.6 is 35.0 Å². The van der Waals surface area contributed by atoms with Gasteiger partial charge in [0.25, 0.3) is 0 Å². The lowest BCUT2D eigenvalue weighted by Gasteiger charge is -2.26. The van der Waals surface area contributed by atoms with Crippen molar-refractivity contribution in [2.24, 2.45) is 0 Å². The molecule has 1 saturated heterocycles. The number of amides is 1. The summed E-state index contributed by atoms with van der Waals surface area (Å²) >= 11 is 14.0. The molecule has 5 nitrogen and oxygen atoms in total. The summed E-state index contributed by atoms with van der Waals surface area (Å²) in [5, 5.41) is 3.95. The van der Waals surface area contributed by atoms with Crippen molar-refractivity contribution in [3.63, 3.8) is 0 Å². The molecule has 1 aliphatic heterocycles. The highest BCUT2D eigenvalue weighted by Gasteiger charge is 2.22. The number of hydrogen-bond acceptors (Lipinski definition) is 5. The highest BCUT2D eigenvalue weighted by Crippen LogP contribution is 2.36. The molecule has 8 heteroatoms. The summed E-state index contributed by atoms with van der Waals surface area (Å²) in [5.74, 6) is 0.723. The number of halogens is 2. The monoisotopic (exact) mass is 544 g/mol. The third kappa shape index (κ3) is 7.89. The van der Waals surface area contributed by atoms with E-state index in [9.17, 15) is 4.79 Å². The first-order chi connectivity index (χ1) is 17.6. The predicted molar refractivity (Wildman–Crippen MR) is 147 cm³/mol. The number of nitrogens with zero attached hydrogens (tertiary/aromatic N) is 1. The van der Waals surface area contributed by atoms with E-state index in [4.69, 9.17) is 32.7 Å². The van der Waals surface area contributed by atoms with Gasteiger partial charge in [0.2, 0.25) is 5.91 Å². The fraction of sp³-hybridized carbons (Fsp3) is 0.321. The van der Waals surface area contributed by atoms with Crippen LogP contribution in [-0.4, -0.2) is 50.2 Å². The molecule has 190 valence electrons. The molecular formula is C28H30Cl2N2O3S. The number of carbonyl (C=O) groups is 1. The maximum absolute atomic E-state index is 13.2. The van der Waals surface area contributed by atoms with Crippen molar-refractivity contribution in [2.45, 2.75) is 23.2 Å². The van der Waals surface area contributed by atoms with Crippen molar-refractivity contribution in [1.29, 1.82) is 0 Å². The third-order valence-electron chi connectivity index (χ3n) is 5.92. The zero-order valence-electron chi connectivity index (χ0n) is 20.0. The van der Waals surface area contributed by atoms with Crippen molar-refractivity contribution in [2.75, 3.05) is 39.4 Å². The number of ether oxygens (including phenoxy) is 2. The van der Waals surface area contributed by atoms with Gasteiger partial charge < -0.3 is 14.8 Å². The van der Waals surface area contributed by atoms with Crippen LogP contribution in [0.25, 0.3) is 0 Å². The van der Waals surface area contributed by atoms with Gasteiger partial charge in [0.05, 0.1) is 13.2 Å². The molecule has 1 amide bonds. The van der Waals surface area contributed by atoms with Gasteiger partial charge in [-0.2, -0.15) is 0 Å². The van der Waals surface area contributed by atoms with Crippen LogP contribution in [-0.2, 0) is 16.1 Å². The first kappa shape index (κ1) is 26.8. The molecule has 3 aromatic rings. The van der Waals surface area contributed by atoms with Crippen molar-refractivity contribution < 1.29 is 14.3 Å². The number of benzene rings is 3. The topological polar surface area (TPSA) is 50.8 Å². The molecule has 0 bridgehead atoms. The van der Waals surface area contributed by atoms with E-state index in [1.165, 1.54) is 11.8 Å². The smallest absolute Gasteiger partial charge is 0.237 e. The molecule has 1 unspecified atom stereocenters. The molecule has 0 aliphatic carbocycles. The summed E-state index contributed by atoms with van der Waals surface area (Å²) < 4.78 is 11.3. The van der Waals surface area contributed by atoms with E-state index in [-0.39, 0.29) is 17.8 Å². The van der Waals surface area contributed by atoms with Crippen LogP contribution in [0.5, 0.6) is 5.75 Å². The van der Waals surface area contributed by atoms with Crippen molar-refractivity contribution in [3.05, 3.63) is 94.0 Å². The molecule has 0 spiro atoms. The predicted octanol–water partition coefficient (Wildman–Crippen LogP) is 6.24. The van der Waals surface area contributed by atoms with Gasteiger partial charge in [0.15, 0.2) is 0 Å². The van der Waals surface area contributed by atoms with Crippen molar-refractivity contribution in [1.82, 2.24) is 10.2 Å². The molecule has 1 heterocycles. The molecule has 36 heavy (non-hydrogen) atoms. The Morgan fingerprint density at radius 2 is 1.67 bits per heavy atom. The summed E-state index contributed by atoms with van der Waals surface area (Å²) in [6.07, 6.45) is 0.916. The zero-order valence-corrected chi connectivity index (χ0v) is 22.3. The Labute approximate surface area is 227 Å². The highest BCUT2D eigenvalue weighted by molar-refractivity contribution is 8.00. The Morgan fingerprint density at radius 1 is 0.972 bits per heavy atom. The summed E-state index contributed by atoms with van der Waals surface area (Å²) in [4.78, 5) is 16.5. The van der Waals surface area contributed by atoms with Gasteiger partial charge in [-0.05, 0) is 54.9 Å². The van der Waals surface area contributed by atoms with E-state index in [1.54, 1.807) is 12.1 Å². The number of carbonyl (C=O) groups excluding carboxylic acids is 1. The van der Waals surface area contributed by atoms with E-state index in [1.807, 2.05) is 60.7 Å². The molecule has 1 fully saturated rings. The fourth-order valence-electron chi connectivity index (χ4n) is 3.91. The summed E-state index contributed by atoms with van der Waals surface area (Å²) in [7, 11) is 0. The molecule has 1 aliphatic rings. The van der Waals surface area contributed by atoms with E-state index < -0.39 is 0 Å². The Balaban J connectivity index is 1.34. The number of thioether (sulfide) groups is 1. The Kier molecular flexibility index (Phi) is 10.4. The summed E-state index contributed by atoms with van der Waals surface area (Å²) in [6, 6.07) is 23.0. The molecular weight excluding hydrogens is 515 g/mol. The average molecular weight is 546 g/mol. The first-order valence-electron chi connectivity index (χ1n) is 12.1. The van der Waals surface area contributed by atoms with Crippen LogP contribution in [0.2, 0.25) is 10.0 Å². The lowest BCUT2D eigenvalue weighted by Crippen LogP contribution is -2.38.